The lowest BCUT2D eigenvalue weighted by Gasteiger charge is -2.14. The van der Waals surface area contributed by atoms with Gasteiger partial charge in [0.2, 0.25) is 0 Å². The molecule has 352 valence electrons. The average molecular weight is 839 g/mol. The molecule has 0 heterocycles. The van der Waals surface area contributed by atoms with E-state index in [0.29, 0.717) is 48.6 Å². The first-order chi connectivity index (χ1) is 26.9. The number of aliphatic hydroxyl groups excluding tert-OH is 1. The molecule has 0 saturated carbocycles. The molecule has 0 aliphatic carbocycles. The van der Waals surface area contributed by atoms with Crippen LogP contribution in [0.4, 0.5) is 0 Å². The van der Waals surface area contributed by atoms with E-state index in [9.17, 15) is 19.5 Å². The first kappa shape index (κ1) is 65.9. The van der Waals surface area contributed by atoms with Crippen molar-refractivity contribution < 1.29 is 33.7 Å². The van der Waals surface area contributed by atoms with Crippen LogP contribution >= 0.6 is 0 Å². The van der Waals surface area contributed by atoms with Crippen molar-refractivity contribution in [1.29, 1.82) is 0 Å². The molecule has 1 atom stereocenters. The zero-order valence-corrected chi connectivity index (χ0v) is 43.5. The monoisotopic (exact) mass is 839 g/mol. The molecule has 1 aromatic carbocycles. The van der Waals surface area contributed by atoms with Crippen molar-refractivity contribution >= 4 is 17.7 Å². The number of Topliss-reactive ketones (excluding diaryl/α,β-unsaturated/α-hetero) is 1. The predicted molar refractivity (Wildman–Crippen MR) is 256 cm³/mol. The van der Waals surface area contributed by atoms with Gasteiger partial charge in [-0.3, -0.25) is 14.4 Å². The second-order valence-corrected chi connectivity index (χ2v) is 20.3. The fraction of sp³-hybridized carbons (Fsp3) is 0.827. The number of rotatable bonds is 18. The maximum absolute atomic E-state index is 11.0. The van der Waals surface area contributed by atoms with Gasteiger partial charge in [0.25, 0.3) is 0 Å². The van der Waals surface area contributed by atoms with Gasteiger partial charge in [-0.2, -0.15) is 0 Å². The minimum absolute atomic E-state index is 0.00116. The van der Waals surface area contributed by atoms with E-state index in [-0.39, 0.29) is 42.2 Å². The molecule has 1 unspecified atom stereocenters. The summed E-state index contributed by atoms with van der Waals surface area (Å²) >= 11 is 0. The van der Waals surface area contributed by atoms with E-state index >= 15 is 0 Å². The standard InChI is InChI=1S/C13H20.C10H20O3.C8H16O2.C7H16O.C7H14O.C7H16/c1-10(2)9-12-5-7-13(8-6-12)11(3)4;1-7(2)5-9(11)6-13-10(12)8(3)4;1-6(2)5-10-8(9)7(3)4;1-6(2)5-8-7(3)4;1-5(2)7(8)6(3)4;1-6(2)5-7(3)4/h5-8,10-11H,9H2,1-4H3;7-9,11H,5-6H2,1-4H3;6-7H,5H2,1-4H3;6-7H,5H2,1-4H3;5-6H,1-4H3;6-7H,5H2,1-4H3. The van der Waals surface area contributed by atoms with Crippen molar-refractivity contribution in [3.8, 4) is 0 Å². The molecular weight excluding hydrogens is 737 g/mol. The number of ketones is 1. The molecule has 7 nitrogen and oxygen atoms in total. The summed E-state index contributed by atoms with van der Waals surface area (Å²) in [6.07, 6.45) is 3.09. The molecule has 0 aliphatic rings. The molecule has 1 aromatic rings. The van der Waals surface area contributed by atoms with Crippen molar-refractivity contribution in [2.45, 2.75) is 204 Å². The maximum Gasteiger partial charge on any atom is 0.308 e. The molecule has 0 fully saturated rings. The van der Waals surface area contributed by atoms with Crippen molar-refractivity contribution in [2.24, 2.45) is 59.2 Å². The van der Waals surface area contributed by atoms with E-state index in [1.165, 1.54) is 24.0 Å². The maximum atomic E-state index is 11.0. The third kappa shape index (κ3) is 53.7. The number of aliphatic hydroxyl groups is 1. The molecule has 1 N–H and O–H groups in total. The molecule has 0 saturated heterocycles. The van der Waals surface area contributed by atoms with Crippen LogP contribution in [0.15, 0.2) is 24.3 Å². The summed E-state index contributed by atoms with van der Waals surface area (Å²) in [5, 5.41) is 9.37. The number of esters is 2. The van der Waals surface area contributed by atoms with Crippen molar-refractivity contribution in [1.82, 2.24) is 0 Å². The Labute approximate surface area is 368 Å². The Morgan fingerprint density at radius 3 is 1.05 bits per heavy atom. The topological polar surface area (TPSA) is 99.1 Å². The molecule has 7 heteroatoms. The summed E-state index contributed by atoms with van der Waals surface area (Å²) in [6.45, 7) is 51.1. The lowest BCUT2D eigenvalue weighted by atomic mass is 9.98. The van der Waals surface area contributed by atoms with Crippen LogP contribution in [0.3, 0.4) is 0 Å². The fourth-order valence-electron chi connectivity index (χ4n) is 4.88. The fourth-order valence-corrected chi connectivity index (χ4v) is 4.88. The molecule has 0 radical (unpaired) electrons. The highest BCUT2D eigenvalue weighted by Crippen LogP contribution is 2.16. The number of hydrogen-bond acceptors (Lipinski definition) is 7. The van der Waals surface area contributed by atoms with Gasteiger partial charge in [-0.05, 0) is 85.7 Å². The van der Waals surface area contributed by atoms with Crippen LogP contribution in [0.25, 0.3) is 0 Å². The summed E-state index contributed by atoms with van der Waals surface area (Å²) < 4.78 is 15.1. The van der Waals surface area contributed by atoms with E-state index in [0.717, 1.165) is 24.4 Å². The zero-order chi connectivity index (χ0) is 47.6. The zero-order valence-electron chi connectivity index (χ0n) is 43.5. The number of carbonyl (C=O) groups excluding carboxylic acids is 3. The molecule has 0 aromatic heterocycles. The molecule has 59 heavy (non-hydrogen) atoms. The molecular formula is C52H102O7. The van der Waals surface area contributed by atoms with Gasteiger partial charge in [-0.1, -0.05) is 177 Å². The van der Waals surface area contributed by atoms with E-state index in [4.69, 9.17) is 14.2 Å². The normalized spacial score (nSPS) is 11.5. The van der Waals surface area contributed by atoms with Crippen LogP contribution in [0.5, 0.6) is 0 Å². The van der Waals surface area contributed by atoms with Crippen LogP contribution in [-0.4, -0.2) is 54.9 Å². The SMILES string of the molecule is CC(C)C(=O)C(C)C.CC(C)CC(C)C.CC(C)CC(O)COC(=O)C(C)C.CC(C)COC(=O)C(C)C.CC(C)COC(C)C.CC(C)Cc1ccc(C(C)C)cc1. The van der Waals surface area contributed by atoms with Crippen LogP contribution in [0.1, 0.15) is 196 Å². The van der Waals surface area contributed by atoms with Gasteiger partial charge in [0.05, 0.1) is 30.7 Å². The van der Waals surface area contributed by atoms with Gasteiger partial charge in [-0.15, -0.1) is 0 Å². The van der Waals surface area contributed by atoms with Gasteiger partial charge in [-0.25, -0.2) is 0 Å². The Balaban J connectivity index is -0.000000201. The highest BCUT2D eigenvalue weighted by atomic mass is 16.5. The van der Waals surface area contributed by atoms with Gasteiger partial charge in [0, 0.05) is 18.4 Å². The minimum Gasteiger partial charge on any atom is -0.465 e. The highest BCUT2D eigenvalue weighted by Gasteiger charge is 2.13. The molecule has 0 amide bonds. The number of benzene rings is 1. The lowest BCUT2D eigenvalue weighted by Crippen LogP contribution is -2.22. The summed E-state index contributed by atoms with van der Waals surface area (Å²) in [4.78, 5) is 32.7. The average Bonchev–Trinajstić information content (AvgIpc) is 3.08. The lowest BCUT2D eigenvalue weighted by molar-refractivity contribution is -0.150. The van der Waals surface area contributed by atoms with E-state index < -0.39 is 6.10 Å². The molecule has 0 aliphatic heterocycles. The smallest absolute Gasteiger partial charge is 0.308 e. The van der Waals surface area contributed by atoms with Crippen molar-refractivity contribution in [2.75, 3.05) is 19.8 Å². The number of carbonyl (C=O) groups is 3. The third-order valence-corrected chi connectivity index (χ3v) is 7.80. The third-order valence-electron chi connectivity index (χ3n) is 7.80. The Bertz CT molecular complexity index is 1070. The molecule has 0 bridgehead atoms. The molecule has 0 spiro atoms. The van der Waals surface area contributed by atoms with Crippen LogP contribution in [0.2, 0.25) is 0 Å². The second-order valence-electron chi connectivity index (χ2n) is 20.3. The quantitative estimate of drug-likeness (QED) is 0.147. The summed E-state index contributed by atoms with van der Waals surface area (Å²) in [6, 6.07) is 9.02. The minimum atomic E-state index is -0.525. The number of ether oxygens (including phenoxy) is 3. The van der Waals surface area contributed by atoms with Gasteiger partial charge >= 0.3 is 11.9 Å². The van der Waals surface area contributed by atoms with Crippen LogP contribution in [-0.2, 0) is 35.0 Å². The summed E-state index contributed by atoms with van der Waals surface area (Å²) in [5.74, 6) is 4.96. The van der Waals surface area contributed by atoms with Gasteiger partial charge in [0.15, 0.2) is 0 Å². The van der Waals surface area contributed by atoms with E-state index in [1.807, 2.05) is 69.2 Å². The van der Waals surface area contributed by atoms with Crippen molar-refractivity contribution in [3.63, 3.8) is 0 Å². The molecule has 1 rings (SSSR count). The predicted octanol–water partition coefficient (Wildman–Crippen LogP) is 14.1. The van der Waals surface area contributed by atoms with Crippen LogP contribution in [0, 0.1) is 59.2 Å². The summed E-state index contributed by atoms with van der Waals surface area (Å²) in [7, 11) is 0. The van der Waals surface area contributed by atoms with Crippen molar-refractivity contribution in [3.05, 3.63) is 35.4 Å². The Morgan fingerprint density at radius 1 is 0.458 bits per heavy atom. The Morgan fingerprint density at radius 2 is 0.831 bits per heavy atom. The van der Waals surface area contributed by atoms with Gasteiger partial charge in [0.1, 0.15) is 12.4 Å². The summed E-state index contributed by atoms with van der Waals surface area (Å²) in [5.41, 5.74) is 2.90. The Kier molecular flexibility index (Phi) is 44.5. The van der Waals surface area contributed by atoms with Gasteiger partial charge < -0.3 is 19.3 Å². The van der Waals surface area contributed by atoms with E-state index in [1.54, 1.807) is 13.8 Å². The number of hydrogen-bond donors (Lipinski definition) is 1. The first-order valence-corrected chi connectivity index (χ1v) is 23.1. The van der Waals surface area contributed by atoms with E-state index in [2.05, 4.69) is 107 Å². The second kappa shape index (κ2) is 39.9. The first-order valence-electron chi connectivity index (χ1n) is 23.1. The largest absolute Gasteiger partial charge is 0.465 e. The van der Waals surface area contributed by atoms with Crippen LogP contribution < -0.4 is 0 Å². The Hall–Kier alpha value is -2.25. The highest BCUT2D eigenvalue weighted by molar-refractivity contribution is 5.82.